The second-order valence-corrected chi connectivity index (χ2v) is 3.51. The number of rotatable bonds is 3. The molecule has 0 radical (unpaired) electrons. The lowest BCUT2D eigenvalue weighted by Crippen LogP contribution is -1.82. The van der Waals surface area contributed by atoms with E-state index in [1.54, 1.807) is 25.5 Å². The predicted octanol–water partition coefficient (Wildman–Crippen LogP) is 4.61. The smallest absolute Gasteiger partial charge is 0.123 e. The summed E-state index contributed by atoms with van der Waals surface area (Å²) >= 11 is 0. The number of halogens is 1. The van der Waals surface area contributed by atoms with Gasteiger partial charge in [-0.1, -0.05) is 26.0 Å². The quantitative estimate of drug-likeness (QED) is 0.737. The highest BCUT2D eigenvalue weighted by atomic mass is 19.1. The summed E-state index contributed by atoms with van der Waals surface area (Å²) in [5, 5.41) is 0. The van der Waals surface area contributed by atoms with Crippen LogP contribution in [0, 0.1) is 5.82 Å². The lowest BCUT2D eigenvalue weighted by atomic mass is 10.2. The Bertz CT molecular complexity index is 503. The summed E-state index contributed by atoms with van der Waals surface area (Å²) in [6, 6.07) is 13.6. The molecule has 0 fully saturated rings. The molecular weight excluding hydrogens is 241 g/mol. The monoisotopic (exact) mass is 259 g/mol. The molecule has 0 amide bonds. The lowest BCUT2D eigenvalue weighted by Gasteiger charge is -1.98. The van der Waals surface area contributed by atoms with Crippen LogP contribution in [0.1, 0.15) is 19.4 Å². The minimum absolute atomic E-state index is 0.244. The fraction of sp³-hybridized carbons (Fsp3) is 0.188. The summed E-state index contributed by atoms with van der Waals surface area (Å²) in [7, 11) is 1.62. The highest BCUT2D eigenvalue weighted by Gasteiger charge is 1.92. The van der Waals surface area contributed by atoms with E-state index in [4.69, 9.17) is 4.74 Å². The summed E-state index contributed by atoms with van der Waals surface area (Å²) in [4.78, 5) is 4.28. The fourth-order valence-electron chi connectivity index (χ4n) is 1.37. The Morgan fingerprint density at radius 3 is 2.05 bits per heavy atom. The minimum atomic E-state index is -0.244. The molecule has 0 saturated heterocycles. The first kappa shape index (κ1) is 14.9. The molecule has 100 valence electrons. The molecule has 0 unspecified atom stereocenters. The molecule has 0 N–H and O–H groups in total. The van der Waals surface area contributed by atoms with Gasteiger partial charge in [0.05, 0.1) is 12.8 Å². The van der Waals surface area contributed by atoms with E-state index in [0.29, 0.717) is 0 Å². The van der Waals surface area contributed by atoms with Gasteiger partial charge < -0.3 is 4.74 Å². The van der Waals surface area contributed by atoms with Gasteiger partial charge in [-0.2, -0.15) is 0 Å². The van der Waals surface area contributed by atoms with E-state index < -0.39 is 0 Å². The molecule has 0 spiro atoms. The third-order valence-corrected chi connectivity index (χ3v) is 2.31. The van der Waals surface area contributed by atoms with E-state index in [1.807, 2.05) is 38.1 Å². The Morgan fingerprint density at radius 2 is 1.53 bits per heavy atom. The van der Waals surface area contributed by atoms with Gasteiger partial charge in [0.25, 0.3) is 0 Å². The zero-order valence-corrected chi connectivity index (χ0v) is 11.4. The van der Waals surface area contributed by atoms with Gasteiger partial charge in [-0.15, -0.1) is 0 Å². The summed E-state index contributed by atoms with van der Waals surface area (Å²) in [6.45, 7) is 4.00. The maximum atomic E-state index is 12.7. The van der Waals surface area contributed by atoms with Crippen molar-refractivity contribution >= 4 is 11.9 Å². The first-order valence-corrected chi connectivity index (χ1v) is 6.21. The minimum Gasteiger partial charge on any atom is -0.497 e. The highest BCUT2D eigenvalue weighted by molar-refractivity contribution is 5.81. The molecule has 2 aromatic rings. The van der Waals surface area contributed by atoms with Crippen molar-refractivity contribution in [1.29, 1.82) is 0 Å². The molecule has 0 atom stereocenters. The SMILES string of the molecule is CC.COc1ccc(N=Cc2ccc(F)cc2)cc1. The van der Waals surface area contributed by atoms with Crippen LogP contribution in [-0.2, 0) is 0 Å². The lowest BCUT2D eigenvalue weighted by molar-refractivity contribution is 0.415. The molecule has 0 aliphatic heterocycles. The predicted molar refractivity (Wildman–Crippen MR) is 78.0 cm³/mol. The van der Waals surface area contributed by atoms with Crippen molar-refractivity contribution in [3.05, 3.63) is 59.9 Å². The maximum absolute atomic E-state index is 12.7. The molecule has 2 aromatic carbocycles. The topological polar surface area (TPSA) is 21.6 Å². The van der Waals surface area contributed by atoms with E-state index in [9.17, 15) is 4.39 Å². The number of benzene rings is 2. The fourth-order valence-corrected chi connectivity index (χ4v) is 1.37. The van der Waals surface area contributed by atoms with Gasteiger partial charge in [0.15, 0.2) is 0 Å². The molecule has 0 bridgehead atoms. The Labute approximate surface area is 113 Å². The average Bonchev–Trinajstić information content (AvgIpc) is 2.49. The van der Waals surface area contributed by atoms with E-state index in [-0.39, 0.29) is 5.82 Å². The van der Waals surface area contributed by atoms with Crippen LogP contribution in [0.25, 0.3) is 0 Å². The normalized spacial score (nSPS) is 9.89. The van der Waals surface area contributed by atoms with Crippen LogP contribution < -0.4 is 4.74 Å². The number of nitrogens with zero attached hydrogens (tertiary/aromatic N) is 1. The van der Waals surface area contributed by atoms with E-state index in [1.165, 1.54) is 12.1 Å². The van der Waals surface area contributed by atoms with Crippen molar-refractivity contribution in [2.24, 2.45) is 4.99 Å². The van der Waals surface area contributed by atoms with Crippen LogP contribution in [0.4, 0.5) is 10.1 Å². The molecule has 2 nitrogen and oxygen atoms in total. The second-order valence-electron chi connectivity index (χ2n) is 3.51. The highest BCUT2D eigenvalue weighted by Crippen LogP contribution is 2.17. The van der Waals surface area contributed by atoms with Crippen LogP contribution in [-0.4, -0.2) is 13.3 Å². The molecule has 0 aliphatic carbocycles. The number of methoxy groups -OCH3 is 1. The van der Waals surface area contributed by atoms with Gasteiger partial charge in [0.1, 0.15) is 11.6 Å². The third-order valence-electron chi connectivity index (χ3n) is 2.31. The van der Waals surface area contributed by atoms with Crippen LogP contribution in [0.15, 0.2) is 53.5 Å². The van der Waals surface area contributed by atoms with Crippen LogP contribution in [0.3, 0.4) is 0 Å². The molecule has 0 saturated carbocycles. The second kappa shape index (κ2) is 8.03. The standard InChI is InChI=1S/C14H12FNO.C2H6/c1-17-14-8-6-13(7-9-14)16-10-11-2-4-12(15)5-3-11;1-2/h2-10H,1H3;1-2H3. The van der Waals surface area contributed by atoms with Gasteiger partial charge in [-0.05, 0) is 42.0 Å². The van der Waals surface area contributed by atoms with Crippen molar-refractivity contribution in [1.82, 2.24) is 0 Å². The average molecular weight is 259 g/mol. The Morgan fingerprint density at radius 1 is 0.947 bits per heavy atom. The molecule has 19 heavy (non-hydrogen) atoms. The maximum Gasteiger partial charge on any atom is 0.123 e. The number of ether oxygens (including phenoxy) is 1. The van der Waals surface area contributed by atoms with Crippen molar-refractivity contribution in [2.75, 3.05) is 7.11 Å². The zero-order valence-electron chi connectivity index (χ0n) is 11.4. The summed E-state index contributed by atoms with van der Waals surface area (Å²) in [5.74, 6) is 0.553. The van der Waals surface area contributed by atoms with Gasteiger partial charge in [0.2, 0.25) is 0 Å². The molecule has 0 aliphatic rings. The third kappa shape index (κ3) is 4.92. The molecule has 2 rings (SSSR count). The summed E-state index contributed by atoms with van der Waals surface area (Å²) < 4.78 is 17.7. The van der Waals surface area contributed by atoms with Gasteiger partial charge in [-0.3, -0.25) is 4.99 Å². The molecular formula is C16H18FNO. The largest absolute Gasteiger partial charge is 0.497 e. The van der Waals surface area contributed by atoms with Crippen molar-refractivity contribution in [3.63, 3.8) is 0 Å². The molecule has 3 heteroatoms. The number of hydrogen-bond donors (Lipinski definition) is 0. The summed E-state index contributed by atoms with van der Waals surface area (Å²) in [5.41, 5.74) is 1.69. The van der Waals surface area contributed by atoms with E-state index in [0.717, 1.165) is 17.0 Å². The van der Waals surface area contributed by atoms with Crippen LogP contribution >= 0.6 is 0 Å². The van der Waals surface area contributed by atoms with Gasteiger partial charge in [0, 0.05) is 6.21 Å². The first-order valence-electron chi connectivity index (χ1n) is 6.21. The zero-order chi connectivity index (χ0) is 14.1. The number of hydrogen-bond acceptors (Lipinski definition) is 2. The van der Waals surface area contributed by atoms with E-state index >= 15 is 0 Å². The molecule has 0 aromatic heterocycles. The Hall–Kier alpha value is -2.16. The van der Waals surface area contributed by atoms with Crippen molar-refractivity contribution in [2.45, 2.75) is 13.8 Å². The van der Waals surface area contributed by atoms with E-state index in [2.05, 4.69) is 4.99 Å². The first-order chi connectivity index (χ1) is 9.28. The van der Waals surface area contributed by atoms with Gasteiger partial charge >= 0.3 is 0 Å². The summed E-state index contributed by atoms with van der Waals surface area (Å²) in [6.07, 6.45) is 1.70. The van der Waals surface area contributed by atoms with Crippen LogP contribution in [0.2, 0.25) is 0 Å². The Kier molecular flexibility index (Phi) is 6.30. The van der Waals surface area contributed by atoms with Gasteiger partial charge in [-0.25, -0.2) is 4.39 Å². The number of aliphatic imine (C=N–C) groups is 1. The van der Waals surface area contributed by atoms with Crippen LogP contribution in [0.5, 0.6) is 5.75 Å². The molecule has 0 heterocycles. The Balaban J connectivity index is 0.000000861. The van der Waals surface area contributed by atoms with Crippen molar-refractivity contribution < 1.29 is 9.13 Å². The van der Waals surface area contributed by atoms with Crippen molar-refractivity contribution in [3.8, 4) is 5.75 Å².